The predicted octanol–water partition coefficient (Wildman–Crippen LogP) is 4.22. The van der Waals surface area contributed by atoms with Crippen molar-refractivity contribution in [3.63, 3.8) is 0 Å². The summed E-state index contributed by atoms with van der Waals surface area (Å²) in [4.78, 5) is 23.7. The van der Waals surface area contributed by atoms with E-state index >= 15 is 0 Å². The van der Waals surface area contributed by atoms with Gasteiger partial charge in [-0.05, 0) is 58.8 Å². The van der Waals surface area contributed by atoms with Gasteiger partial charge in [0.05, 0.1) is 0 Å². The van der Waals surface area contributed by atoms with Crippen molar-refractivity contribution in [1.29, 1.82) is 0 Å². The Balaban J connectivity index is 1.79. The molecular weight excluding hydrogens is 419 g/mol. The predicted molar refractivity (Wildman–Crippen MR) is 101 cm³/mol. The van der Waals surface area contributed by atoms with Crippen LogP contribution in [0.5, 0.6) is 5.75 Å². The van der Waals surface area contributed by atoms with Crippen LogP contribution in [0.2, 0.25) is 0 Å². The Labute approximate surface area is 152 Å². The van der Waals surface area contributed by atoms with Gasteiger partial charge >= 0.3 is 5.63 Å². The van der Waals surface area contributed by atoms with Crippen LogP contribution in [0.3, 0.4) is 0 Å². The first-order valence-electron chi connectivity index (χ1n) is 7.55. The summed E-state index contributed by atoms with van der Waals surface area (Å²) in [6.45, 7) is 1.92. The fourth-order valence-corrected chi connectivity index (χ4v) is 2.82. The van der Waals surface area contributed by atoms with Crippen LogP contribution in [-0.4, -0.2) is 12.4 Å². The second-order valence-electron chi connectivity index (χ2n) is 5.32. The monoisotopic (exact) mass is 434 g/mol. The van der Waals surface area contributed by atoms with Crippen LogP contribution in [0.25, 0.3) is 11.0 Å². The van der Waals surface area contributed by atoms with Gasteiger partial charge in [0.2, 0.25) is 0 Å². The third-order valence-electron chi connectivity index (χ3n) is 3.72. The number of fused-ring (bicyclic) bond motifs is 1. The maximum atomic E-state index is 12.1. The van der Waals surface area contributed by atoms with Gasteiger partial charge in [-0.2, -0.15) is 0 Å². The second-order valence-corrected chi connectivity index (χ2v) is 6.57. The maximum absolute atomic E-state index is 12.1. The molecule has 1 aromatic heterocycles. The van der Waals surface area contributed by atoms with Gasteiger partial charge in [-0.15, -0.1) is 0 Å². The van der Waals surface area contributed by atoms with Crippen LogP contribution >= 0.6 is 22.6 Å². The molecule has 0 saturated carbocycles. The molecule has 3 aromatic rings. The Morgan fingerprint density at radius 3 is 2.58 bits per heavy atom. The molecule has 4 nitrogen and oxygen atoms in total. The number of benzene rings is 2. The summed E-state index contributed by atoms with van der Waals surface area (Å²) < 4.78 is 11.9. The highest BCUT2D eigenvalue weighted by molar-refractivity contribution is 14.1. The van der Waals surface area contributed by atoms with E-state index in [0.717, 1.165) is 20.9 Å². The number of carbonyl (C=O) groups is 1. The second kappa shape index (κ2) is 7.17. The number of hydrogen-bond acceptors (Lipinski definition) is 4. The third-order valence-corrected chi connectivity index (χ3v) is 4.44. The minimum Gasteiger partial charge on any atom is -0.485 e. The summed E-state index contributed by atoms with van der Waals surface area (Å²) in [5, 5.41) is 0.883. The zero-order chi connectivity index (χ0) is 17.1. The van der Waals surface area contributed by atoms with E-state index in [1.165, 1.54) is 6.07 Å². The first kappa shape index (κ1) is 16.7. The molecule has 0 aliphatic carbocycles. The van der Waals surface area contributed by atoms with E-state index in [2.05, 4.69) is 22.6 Å². The quantitative estimate of drug-likeness (QED) is 0.343. The topological polar surface area (TPSA) is 56.5 Å². The molecule has 24 heavy (non-hydrogen) atoms. The van der Waals surface area contributed by atoms with Gasteiger partial charge in [-0.25, -0.2) is 4.79 Å². The van der Waals surface area contributed by atoms with Crippen LogP contribution in [0, 0.1) is 3.57 Å². The van der Waals surface area contributed by atoms with E-state index in [1.54, 1.807) is 24.3 Å². The highest BCUT2D eigenvalue weighted by atomic mass is 127. The molecule has 2 aromatic carbocycles. The van der Waals surface area contributed by atoms with Crippen molar-refractivity contribution < 1.29 is 13.9 Å². The van der Waals surface area contributed by atoms with Crippen molar-refractivity contribution in [1.82, 2.24) is 0 Å². The van der Waals surface area contributed by atoms with Crippen molar-refractivity contribution in [3.05, 3.63) is 73.6 Å². The lowest BCUT2D eigenvalue weighted by atomic mass is 10.1. The zero-order valence-corrected chi connectivity index (χ0v) is 15.2. The van der Waals surface area contributed by atoms with Gasteiger partial charge in [0.15, 0.2) is 12.4 Å². The summed E-state index contributed by atoms with van der Waals surface area (Å²) in [7, 11) is 0. The molecule has 0 spiro atoms. The Morgan fingerprint density at radius 2 is 1.88 bits per heavy atom. The molecule has 0 amide bonds. The average Bonchev–Trinajstić information content (AvgIpc) is 2.59. The number of Topliss-reactive ketones (excluding diaryl/α,β-unsaturated/α-hetero) is 1. The molecule has 0 radical (unpaired) electrons. The summed E-state index contributed by atoms with van der Waals surface area (Å²) in [6, 6.07) is 14.1. The van der Waals surface area contributed by atoms with E-state index in [1.807, 2.05) is 25.1 Å². The molecule has 122 valence electrons. The van der Waals surface area contributed by atoms with E-state index in [9.17, 15) is 9.59 Å². The lowest BCUT2D eigenvalue weighted by molar-refractivity contribution is 0.0921. The third kappa shape index (κ3) is 3.67. The Morgan fingerprint density at radius 1 is 1.12 bits per heavy atom. The molecule has 0 atom stereocenters. The molecule has 1 heterocycles. The summed E-state index contributed by atoms with van der Waals surface area (Å²) in [5.41, 5.74) is 1.63. The van der Waals surface area contributed by atoms with Crippen molar-refractivity contribution in [3.8, 4) is 5.75 Å². The number of hydrogen-bond donors (Lipinski definition) is 0. The molecule has 3 rings (SSSR count). The van der Waals surface area contributed by atoms with Gasteiger partial charge in [0, 0.05) is 26.7 Å². The first-order valence-corrected chi connectivity index (χ1v) is 8.63. The SMILES string of the molecule is CCc1cc(=O)oc2cc(OCC(=O)c3ccc(I)cc3)ccc12. The Hall–Kier alpha value is -2.15. The zero-order valence-electron chi connectivity index (χ0n) is 13.0. The van der Waals surface area contributed by atoms with Crippen LogP contribution in [0.15, 0.2) is 57.7 Å². The molecule has 0 unspecified atom stereocenters. The van der Waals surface area contributed by atoms with Crippen LogP contribution in [-0.2, 0) is 6.42 Å². The molecule has 5 heteroatoms. The van der Waals surface area contributed by atoms with Crippen LogP contribution in [0.4, 0.5) is 0 Å². The van der Waals surface area contributed by atoms with Crippen LogP contribution in [0.1, 0.15) is 22.8 Å². The van der Waals surface area contributed by atoms with E-state index in [4.69, 9.17) is 9.15 Å². The van der Waals surface area contributed by atoms with Gasteiger partial charge in [-0.3, -0.25) is 4.79 Å². The molecular formula is C19H15IO4. The largest absolute Gasteiger partial charge is 0.485 e. The van der Waals surface area contributed by atoms with Gasteiger partial charge < -0.3 is 9.15 Å². The number of carbonyl (C=O) groups excluding carboxylic acids is 1. The fraction of sp³-hybridized carbons (Fsp3) is 0.158. The Kier molecular flexibility index (Phi) is 4.99. The van der Waals surface area contributed by atoms with E-state index < -0.39 is 0 Å². The maximum Gasteiger partial charge on any atom is 0.336 e. The first-order chi connectivity index (χ1) is 11.6. The lowest BCUT2D eigenvalue weighted by Crippen LogP contribution is -2.11. The summed E-state index contributed by atoms with van der Waals surface area (Å²) >= 11 is 2.19. The van der Waals surface area contributed by atoms with Gasteiger partial charge in [0.1, 0.15) is 11.3 Å². The summed E-state index contributed by atoms with van der Waals surface area (Å²) in [5.74, 6) is 0.396. The number of ether oxygens (including phenoxy) is 1. The summed E-state index contributed by atoms with van der Waals surface area (Å²) in [6.07, 6.45) is 0.744. The molecule has 0 aliphatic rings. The minimum atomic E-state index is -0.383. The number of ketones is 1. The minimum absolute atomic E-state index is 0.0657. The number of aryl methyl sites for hydroxylation is 1. The van der Waals surface area contributed by atoms with E-state index in [0.29, 0.717) is 16.9 Å². The molecule has 0 aliphatic heterocycles. The standard InChI is InChI=1S/C19H15IO4/c1-2-12-9-19(22)24-18-10-15(7-8-16(12)18)23-11-17(21)13-3-5-14(20)6-4-13/h3-10H,2,11H2,1H3. The fourth-order valence-electron chi connectivity index (χ4n) is 2.46. The Bertz CT molecular complexity index is 942. The lowest BCUT2D eigenvalue weighted by Gasteiger charge is -2.08. The van der Waals surface area contributed by atoms with Crippen molar-refractivity contribution >= 4 is 39.3 Å². The number of halogens is 1. The van der Waals surface area contributed by atoms with E-state index in [-0.39, 0.29) is 18.0 Å². The van der Waals surface area contributed by atoms with Crippen LogP contribution < -0.4 is 10.4 Å². The van der Waals surface area contributed by atoms with Gasteiger partial charge in [-0.1, -0.05) is 19.1 Å². The highest BCUT2D eigenvalue weighted by Gasteiger charge is 2.09. The molecule has 0 fully saturated rings. The molecule has 0 bridgehead atoms. The van der Waals surface area contributed by atoms with Crippen molar-refractivity contribution in [2.45, 2.75) is 13.3 Å². The highest BCUT2D eigenvalue weighted by Crippen LogP contribution is 2.23. The average molecular weight is 434 g/mol. The normalized spacial score (nSPS) is 10.8. The molecule has 0 N–H and O–H groups in total. The number of rotatable bonds is 5. The van der Waals surface area contributed by atoms with Gasteiger partial charge in [0.25, 0.3) is 0 Å². The smallest absolute Gasteiger partial charge is 0.336 e. The molecule has 0 saturated heterocycles. The van der Waals surface area contributed by atoms with Crippen molar-refractivity contribution in [2.75, 3.05) is 6.61 Å². The van der Waals surface area contributed by atoms with Crippen molar-refractivity contribution in [2.24, 2.45) is 0 Å².